The van der Waals surface area contributed by atoms with Crippen LogP contribution in [0.15, 0.2) is 46.1 Å². The molecule has 1 aliphatic rings. The number of hydrogen-bond donors (Lipinski definition) is 1. The highest BCUT2D eigenvalue weighted by atomic mass is 16.3. The molecular weight excluding hydrogens is 306 g/mol. The third-order valence-electron chi connectivity index (χ3n) is 4.47. The molecule has 4 rings (SSSR count). The number of nitrogens with zero attached hydrogens (tertiary/aromatic N) is 2. The van der Waals surface area contributed by atoms with E-state index in [1.807, 2.05) is 25.1 Å². The molecule has 122 valence electrons. The number of hydrogen-bond acceptors (Lipinski definition) is 4. The zero-order valence-electron chi connectivity index (χ0n) is 13.3. The van der Waals surface area contributed by atoms with Gasteiger partial charge in [0, 0.05) is 24.4 Å². The van der Waals surface area contributed by atoms with E-state index < -0.39 is 5.91 Å². The first-order chi connectivity index (χ1) is 11.6. The molecule has 0 aliphatic heterocycles. The number of carbonyl (C=O) groups excluding carboxylic acids is 1. The number of pyridine rings is 1. The fraction of sp³-hybridized carbons (Fsp3) is 0.278. The quantitative estimate of drug-likeness (QED) is 0.785. The molecule has 1 atom stereocenters. The zero-order chi connectivity index (χ0) is 16.7. The molecule has 0 bridgehead atoms. The molecule has 0 saturated heterocycles. The summed E-state index contributed by atoms with van der Waals surface area (Å²) in [5, 5.41) is 2.94. The van der Waals surface area contributed by atoms with E-state index in [4.69, 9.17) is 4.42 Å². The number of nitrogens with one attached hydrogen (secondary N) is 1. The molecule has 1 N–H and O–H groups in total. The summed E-state index contributed by atoms with van der Waals surface area (Å²) in [5.74, 6) is 0.511. The predicted octanol–water partition coefficient (Wildman–Crippen LogP) is 2.40. The van der Waals surface area contributed by atoms with Crippen LogP contribution in [-0.2, 0) is 6.42 Å². The van der Waals surface area contributed by atoms with Crippen molar-refractivity contribution in [3.63, 3.8) is 0 Å². The van der Waals surface area contributed by atoms with Crippen LogP contribution in [0.2, 0.25) is 0 Å². The number of aryl methyl sites for hydroxylation is 2. The van der Waals surface area contributed by atoms with Crippen LogP contribution in [0.5, 0.6) is 0 Å². The summed E-state index contributed by atoms with van der Waals surface area (Å²) in [7, 11) is 0. The van der Waals surface area contributed by atoms with Gasteiger partial charge in [-0.2, -0.15) is 0 Å². The standard InChI is InChI=1S/C18H17N3O3/c1-11-5-7-21-16(9-11)19-10-13(18(21)23)17(22)20-14-3-2-4-15-12(14)6-8-24-15/h5-10,14H,2-4H2,1H3,(H,20,22). The molecule has 0 spiro atoms. The van der Waals surface area contributed by atoms with Crippen molar-refractivity contribution in [2.75, 3.05) is 0 Å². The fourth-order valence-corrected chi connectivity index (χ4v) is 3.20. The number of furan rings is 1. The van der Waals surface area contributed by atoms with Crippen LogP contribution in [-0.4, -0.2) is 15.3 Å². The lowest BCUT2D eigenvalue weighted by molar-refractivity contribution is 0.0930. The van der Waals surface area contributed by atoms with Crippen molar-refractivity contribution in [3.8, 4) is 0 Å². The maximum atomic E-state index is 12.6. The van der Waals surface area contributed by atoms with Crippen LogP contribution in [0.3, 0.4) is 0 Å². The number of aromatic nitrogens is 2. The Labute approximate surface area is 138 Å². The highest BCUT2D eigenvalue weighted by Crippen LogP contribution is 2.30. The lowest BCUT2D eigenvalue weighted by Gasteiger charge is -2.22. The van der Waals surface area contributed by atoms with Gasteiger partial charge in [-0.3, -0.25) is 14.0 Å². The van der Waals surface area contributed by atoms with Gasteiger partial charge in [0.05, 0.1) is 12.3 Å². The molecule has 0 saturated carbocycles. The SMILES string of the molecule is Cc1ccn2c(=O)c(C(=O)NC3CCCc4occc43)cnc2c1. The van der Waals surface area contributed by atoms with Crippen molar-refractivity contribution < 1.29 is 9.21 Å². The Morgan fingerprint density at radius 2 is 2.29 bits per heavy atom. The van der Waals surface area contributed by atoms with Gasteiger partial charge in [0.2, 0.25) is 0 Å². The average molecular weight is 323 g/mol. The summed E-state index contributed by atoms with van der Waals surface area (Å²) < 4.78 is 6.83. The minimum absolute atomic E-state index is 0.0481. The summed E-state index contributed by atoms with van der Waals surface area (Å²) >= 11 is 0. The van der Waals surface area contributed by atoms with E-state index in [9.17, 15) is 9.59 Å². The molecule has 6 nitrogen and oxygen atoms in total. The van der Waals surface area contributed by atoms with E-state index in [1.54, 1.807) is 12.5 Å². The van der Waals surface area contributed by atoms with Gasteiger partial charge >= 0.3 is 0 Å². The van der Waals surface area contributed by atoms with Crippen molar-refractivity contribution in [3.05, 3.63) is 69.7 Å². The van der Waals surface area contributed by atoms with Crippen molar-refractivity contribution in [2.45, 2.75) is 32.2 Å². The largest absolute Gasteiger partial charge is 0.469 e. The highest BCUT2D eigenvalue weighted by molar-refractivity contribution is 5.94. The first-order valence-electron chi connectivity index (χ1n) is 7.98. The molecule has 1 aliphatic carbocycles. The Morgan fingerprint density at radius 1 is 1.42 bits per heavy atom. The van der Waals surface area contributed by atoms with E-state index in [-0.39, 0.29) is 17.2 Å². The molecule has 1 unspecified atom stereocenters. The minimum atomic E-state index is -0.401. The Morgan fingerprint density at radius 3 is 3.17 bits per heavy atom. The van der Waals surface area contributed by atoms with Gasteiger partial charge in [-0.05, 0) is 43.5 Å². The molecule has 6 heteroatoms. The molecule has 3 aromatic heterocycles. The second-order valence-electron chi connectivity index (χ2n) is 6.13. The molecule has 0 fully saturated rings. The molecule has 24 heavy (non-hydrogen) atoms. The second-order valence-corrected chi connectivity index (χ2v) is 6.13. The van der Waals surface area contributed by atoms with E-state index in [0.717, 1.165) is 36.1 Å². The van der Waals surface area contributed by atoms with Crippen LogP contribution in [0.25, 0.3) is 5.65 Å². The topological polar surface area (TPSA) is 76.6 Å². The number of fused-ring (bicyclic) bond motifs is 2. The first kappa shape index (κ1) is 14.7. The van der Waals surface area contributed by atoms with Crippen molar-refractivity contribution >= 4 is 11.6 Å². The first-order valence-corrected chi connectivity index (χ1v) is 7.98. The van der Waals surface area contributed by atoms with E-state index in [2.05, 4.69) is 10.3 Å². The number of rotatable bonds is 2. The summed E-state index contributed by atoms with van der Waals surface area (Å²) in [6.07, 6.45) is 7.30. The Kier molecular flexibility index (Phi) is 3.45. The normalized spacial score (nSPS) is 16.8. The highest BCUT2D eigenvalue weighted by Gasteiger charge is 2.25. The average Bonchev–Trinajstić information content (AvgIpc) is 3.04. The molecule has 0 aromatic carbocycles. The maximum absolute atomic E-state index is 12.6. The van der Waals surface area contributed by atoms with Crippen molar-refractivity contribution in [1.29, 1.82) is 0 Å². The fourth-order valence-electron chi connectivity index (χ4n) is 3.20. The minimum Gasteiger partial charge on any atom is -0.469 e. The van der Waals surface area contributed by atoms with Gasteiger partial charge in [0.1, 0.15) is 17.0 Å². The summed E-state index contributed by atoms with van der Waals surface area (Å²) in [6, 6.07) is 5.38. The second kappa shape index (κ2) is 5.63. The number of carbonyl (C=O) groups is 1. The van der Waals surface area contributed by atoms with Crippen LogP contribution < -0.4 is 10.9 Å². The van der Waals surface area contributed by atoms with Gasteiger partial charge in [-0.1, -0.05) is 0 Å². The Bertz CT molecular complexity index is 987. The smallest absolute Gasteiger partial charge is 0.270 e. The molecule has 1 amide bonds. The van der Waals surface area contributed by atoms with Crippen LogP contribution in [0.4, 0.5) is 0 Å². The monoisotopic (exact) mass is 323 g/mol. The summed E-state index contributed by atoms with van der Waals surface area (Å²) in [6.45, 7) is 1.93. The lowest BCUT2D eigenvalue weighted by atomic mass is 9.93. The van der Waals surface area contributed by atoms with Crippen LogP contribution in [0.1, 0.15) is 46.1 Å². The van der Waals surface area contributed by atoms with Crippen molar-refractivity contribution in [1.82, 2.24) is 14.7 Å². The van der Waals surface area contributed by atoms with Crippen LogP contribution >= 0.6 is 0 Å². The van der Waals surface area contributed by atoms with Crippen molar-refractivity contribution in [2.24, 2.45) is 0 Å². The third kappa shape index (κ3) is 2.40. The molecule has 0 radical (unpaired) electrons. The zero-order valence-corrected chi connectivity index (χ0v) is 13.3. The van der Waals surface area contributed by atoms with E-state index >= 15 is 0 Å². The number of amides is 1. The van der Waals surface area contributed by atoms with Gasteiger partial charge in [-0.15, -0.1) is 0 Å². The summed E-state index contributed by atoms with van der Waals surface area (Å²) in [5.41, 5.74) is 2.23. The Balaban J connectivity index is 1.66. The Hall–Kier alpha value is -2.89. The van der Waals surface area contributed by atoms with Gasteiger partial charge < -0.3 is 9.73 Å². The lowest BCUT2D eigenvalue weighted by Crippen LogP contribution is -2.35. The predicted molar refractivity (Wildman–Crippen MR) is 88.1 cm³/mol. The third-order valence-corrected chi connectivity index (χ3v) is 4.47. The summed E-state index contributed by atoms with van der Waals surface area (Å²) in [4.78, 5) is 29.4. The van der Waals surface area contributed by atoms with E-state index in [0.29, 0.717) is 5.65 Å². The molecule has 3 aromatic rings. The van der Waals surface area contributed by atoms with Gasteiger partial charge in [0.15, 0.2) is 0 Å². The molecule has 3 heterocycles. The van der Waals surface area contributed by atoms with Gasteiger partial charge in [-0.25, -0.2) is 4.98 Å². The van der Waals surface area contributed by atoms with E-state index in [1.165, 1.54) is 10.6 Å². The maximum Gasteiger partial charge on any atom is 0.270 e. The molecular formula is C18H17N3O3. The van der Waals surface area contributed by atoms with Crippen LogP contribution in [0, 0.1) is 6.92 Å². The van der Waals surface area contributed by atoms with Gasteiger partial charge in [0.25, 0.3) is 11.5 Å².